The fourth-order valence-electron chi connectivity index (χ4n) is 2.46. The maximum absolute atomic E-state index is 12.5. The smallest absolute Gasteiger partial charge is 0.334 e. The van der Waals surface area contributed by atoms with Crippen LogP contribution in [0.1, 0.15) is 10.5 Å². The molecule has 1 saturated heterocycles. The number of morpholine rings is 1. The van der Waals surface area contributed by atoms with E-state index in [4.69, 9.17) is 9.84 Å². The Bertz CT molecular complexity index is 680. The normalized spacial score (nSPS) is 18.2. The third kappa shape index (κ3) is 2.87. The minimum atomic E-state index is -1.05. The highest BCUT2D eigenvalue weighted by Gasteiger charge is 2.29. The van der Waals surface area contributed by atoms with E-state index in [1.807, 2.05) is 36.4 Å². The Kier molecular flexibility index (Phi) is 3.93. The molecule has 1 aliphatic rings. The largest absolute Gasteiger partial charge is 0.479 e. The van der Waals surface area contributed by atoms with E-state index in [9.17, 15) is 9.59 Å². The number of benzene rings is 1. The third-order valence-electron chi connectivity index (χ3n) is 3.63. The Balaban J connectivity index is 1.76. The van der Waals surface area contributed by atoms with Crippen LogP contribution >= 0.6 is 0 Å². The molecule has 6 nitrogen and oxygen atoms in total. The van der Waals surface area contributed by atoms with E-state index in [0.29, 0.717) is 12.2 Å². The molecule has 1 aliphatic heterocycles. The van der Waals surface area contributed by atoms with Gasteiger partial charge < -0.3 is 19.7 Å². The molecule has 0 unspecified atom stereocenters. The second kappa shape index (κ2) is 6.03. The van der Waals surface area contributed by atoms with Crippen molar-refractivity contribution in [2.24, 2.45) is 0 Å². The number of aliphatic carboxylic acids is 1. The number of carboxylic acids is 1. The van der Waals surface area contributed by atoms with Crippen LogP contribution in [0.3, 0.4) is 0 Å². The van der Waals surface area contributed by atoms with Gasteiger partial charge in [-0.1, -0.05) is 30.3 Å². The number of nitrogens with one attached hydrogen (secondary N) is 1. The highest BCUT2D eigenvalue weighted by atomic mass is 16.5. The summed E-state index contributed by atoms with van der Waals surface area (Å²) < 4.78 is 5.13. The van der Waals surface area contributed by atoms with E-state index in [-0.39, 0.29) is 19.1 Å². The van der Waals surface area contributed by atoms with E-state index in [1.165, 1.54) is 4.90 Å². The number of carboxylic acid groups (broad SMARTS) is 1. The molecule has 3 rings (SSSR count). The minimum absolute atomic E-state index is 0.0634. The van der Waals surface area contributed by atoms with Crippen molar-refractivity contribution in [2.45, 2.75) is 6.10 Å². The zero-order chi connectivity index (χ0) is 15.5. The summed E-state index contributed by atoms with van der Waals surface area (Å²) in [6.45, 7) is 0.686. The fourth-order valence-corrected chi connectivity index (χ4v) is 2.46. The van der Waals surface area contributed by atoms with Crippen LogP contribution in [0.5, 0.6) is 0 Å². The summed E-state index contributed by atoms with van der Waals surface area (Å²) in [5, 5.41) is 8.99. The first-order valence-electron chi connectivity index (χ1n) is 7.03. The second-order valence-corrected chi connectivity index (χ2v) is 5.10. The van der Waals surface area contributed by atoms with Crippen molar-refractivity contribution in [3.05, 3.63) is 48.2 Å². The lowest BCUT2D eigenvalue weighted by Gasteiger charge is -2.30. The molecular weight excluding hydrogens is 284 g/mol. The van der Waals surface area contributed by atoms with Crippen molar-refractivity contribution >= 4 is 11.9 Å². The standard InChI is InChI=1S/C16H16N2O4/c19-15(18-8-9-22-14(10-18)16(20)21)13-7-6-12(17-13)11-4-2-1-3-5-11/h1-7,14,17H,8-10H2,(H,20,21)/t14-/m0/s1. The quantitative estimate of drug-likeness (QED) is 0.902. The molecule has 22 heavy (non-hydrogen) atoms. The van der Waals surface area contributed by atoms with Crippen LogP contribution in [0.2, 0.25) is 0 Å². The SMILES string of the molecule is O=C(O)[C@@H]1CN(C(=O)c2ccc(-c3ccccc3)[nH]2)CCO1. The Labute approximate surface area is 127 Å². The fraction of sp³-hybridized carbons (Fsp3) is 0.250. The average Bonchev–Trinajstić information content (AvgIpc) is 3.05. The van der Waals surface area contributed by atoms with E-state index in [1.54, 1.807) is 6.07 Å². The van der Waals surface area contributed by atoms with Gasteiger partial charge in [0.25, 0.3) is 5.91 Å². The summed E-state index contributed by atoms with van der Waals surface area (Å²) >= 11 is 0. The Morgan fingerprint density at radius 3 is 2.68 bits per heavy atom. The van der Waals surface area contributed by atoms with Crippen molar-refractivity contribution in [3.8, 4) is 11.3 Å². The Hall–Kier alpha value is -2.60. The van der Waals surface area contributed by atoms with Gasteiger partial charge in [-0.2, -0.15) is 0 Å². The average molecular weight is 300 g/mol. The van der Waals surface area contributed by atoms with E-state index in [0.717, 1.165) is 11.3 Å². The molecule has 1 fully saturated rings. The number of ether oxygens (including phenoxy) is 1. The predicted molar refractivity (Wildman–Crippen MR) is 79.5 cm³/mol. The lowest BCUT2D eigenvalue weighted by atomic mass is 10.2. The molecule has 0 radical (unpaired) electrons. The van der Waals surface area contributed by atoms with Crippen LogP contribution < -0.4 is 0 Å². The molecule has 2 heterocycles. The number of hydrogen-bond acceptors (Lipinski definition) is 3. The molecule has 2 N–H and O–H groups in total. The first-order chi connectivity index (χ1) is 10.6. The number of carbonyl (C=O) groups is 2. The van der Waals surface area contributed by atoms with E-state index >= 15 is 0 Å². The maximum Gasteiger partial charge on any atom is 0.334 e. The van der Waals surface area contributed by atoms with Crippen LogP contribution in [-0.2, 0) is 9.53 Å². The van der Waals surface area contributed by atoms with Gasteiger partial charge in [0.05, 0.1) is 13.2 Å². The monoisotopic (exact) mass is 300 g/mol. The molecule has 0 spiro atoms. The number of nitrogens with zero attached hydrogens (tertiary/aromatic N) is 1. The molecule has 1 aromatic heterocycles. The lowest BCUT2D eigenvalue weighted by molar-refractivity contribution is -0.154. The van der Waals surface area contributed by atoms with Gasteiger partial charge >= 0.3 is 5.97 Å². The summed E-state index contributed by atoms with van der Waals surface area (Å²) in [4.78, 5) is 28.0. The van der Waals surface area contributed by atoms with Gasteiger partial charge in [-0.25, -0.2) is 4.79 Å². The van der Waals surface area contributed by atoms with E-state index < -0.39 is 12.1 Å². The summed E-state index contributed by atoms with van der Waals surface area (Å²) in [7, 11) is 0. The molecule has 0 saturated carbocycles. The maximum atomic E-state index is 12.5. The number of aromatic amines is 1. The second-order valence-electron chi connectivity index (χ2n) is 5.10. The molecule has 1 atom stereocenters. The van der Waals surface area contributed by atoms with Gasteiger partial charge in [-0.15, -0.1) is 0 Å². The van der Waals surface area contributed by atoms with Gasteiger partial charge in [-0.05, 0) is 17.7 Å². The third-order valence-corrected chi connectivity index (χ3v) is 3.63. The number of H-pyrrole nitrogens is 1. The van der Waals surface area contributed by atoms with Crippen molar-refractivity contribution in [1.29, 1.82) is 0 Å². The highest BCUT2D eigenvalue weighted by molar-refractivity contribution is 5.94. The van der Waals surface area contributed by atoms with Gasteiger partial charge in [-0.3, -0.25) is 4.79 Å². The van der Waals surface area contributed by atoms with Crippen molar-refractivity contribution in [1.82, 2.24) is 9.88 Å². The first kappa shape index (κ1) is 14.3. The van der Waals surface area contributed by atoms with Crippen LogP contribution in [0, 0.1) is 0 Å². The molecule has 0 aliphatic carbocycles. The summed E-state index contributed by atoms with van der Waals surface area (Å²) in [6.07, 6.45) is -0.957. The van der Waals surface area contributed by atoms with Crippen LogP contribution in [-0.4, -0.2) is 52.7 Å². The summed E-state index contributed by atoms with van der Waals surface area (Å²) in [6, 6.07) is 13.3. The summed E-state index contributed by atoms with van der Waals surface area (Å²) in [5.41, 5.74) is 2.30. The van der Waals surface area contributed by atoms with Crippen molar-refractivity contribution in [2.75, 3.05) is 19.7 Å². The molecule has 0 bridgehead atoms. The molecule has 1 aromatic carbocycles. The number of amides is 1. The lowest BCUT2D eigenvalue weighted by Crippen LogP contribution is -2.48. The van der Waals surface area contributed by atoms with Gasteiger partial charge in [0.15, 0.2) is 6.10 Å². The minimum Gasteiger partial charge on any atom is -0.479 e. The van der Waals surface area contributed by atoms with Crippen molar-refractivity contribution in [3.63, 3.8) is 0 Å². The summed E-state index contributed by atoms with van der Waals surface area (Å²) in [5.74, 6) is -1.26. The highest BCUT2D eigenvalue weighted by Crippen LogP contribution is 2.19. The van der Waals surface area contributed by atoms with Crippen LogP contribution in [0.15, 0.2) is 42.5 Å². The predicted octanol–water partition coefficient (Wildman–Crippen LogP) is 1.61. The molecular formula is C16H16N2O4. The topological polar surface area (TPSA) is 82.6 Å². The van der Waals surface area contributed by atoms with Gasteiger partial charge in [0, 0.05) is 12.2 Å². The number of aromatic nitrogens is 1. The number of carbonyl (C=O) groups excluding carboxylic acids is 1. The van der Waals surface area contributed by atoms with Gasteiger partial charge in [0.1, 0.15) is 5.69 Å². The zero-order valence-corrected chi connectivity index (χ0v) is 11.9. The molecule has 6 heteroatoms. The molecule has 2 aromatic rings. The molecule has 114 valence electrons. The van der Waals surface area contributed by atoms with Crippen LogP contribution in [0.4, 0.5) is 0 Å². The van der Waals surface area contributed by atoms with Crippen LogP contribution in [0.25, 0.3) is 11.3 Å². The Morgan fingerprint density at radius 2 is 1.95 bits per heavy atom. The van der Waals surface area contributed by atoms with Crippen molar-refractivity contribution < 1.29 is 19.4 Å². The van der Waals surface area contributed by atoms with E-state index in [2.05, 4.69) is 4.98 Å². The first-order valence-corrected chi connectivity index (χ1v) is 7.03. The Morgan fingerprint density at radius 1 is 1.18 bits per heavy atom. The number of hydrogen-bond donors (Lipinski definition) is 2. The zero-order valence-electron chi connectivity index (χ0n) is 11.9. The number of rotatable bonds is 3. The van der Waals surface area contributed by atoms with Gasteiger partial charge in [0.2, 0.25) is 0 Å². The molecule has 1 amide bonds.